The average Bonchev–Trinajstić information content (AvgIpc) is 2.95. The van der Waals surface area contributed by atoms with Crippen molar-refractivity contribution in [1.29, 1.82) is 0 Å². The SMILES string of the molecule is O=CNc1cc(CCN2CCCCCC2)ccc1OCc1ccccc1. The number of anilines is 1. The lowest BCUT2D eigenvalue weighted by Gasteiger charge is -2.20. The number of nitrogens with zero attached hydrogens (tertiary/aromatic N) is 1. The van der Waals surface area contributed by atoms with Gasteiger partial charge in [0, 0.05) is 6.54 Å². The lowest BCUT2D eigenvalue weighted by atomic mass is 10.1. The minimum absolute atomic E-state index is 0.488. The van der Waals surface area contributed by atoms with Crippen LogP contribution in [0.1, 0.15) is 36.8 Å². The van der Waals surface area contributed by atoms with E-state index >= 15 is 0 Å². The summed E-state index contributed by atoms with van der Waals surface area (Å²) in [5.74, 6) is 0.708. The number of hydrogen-bond donors (Lipinski definition) is 1. The Morgan fingerprint density at radius 3 is 2.46 bits per heavy atom. The number of nitrogens with one attached hydrogen (secondary N) is 1. The van der Waals surface area contributed by atoms with Crippen LogP contribution < -0.4 is 10.1 Å². The third kappa shape index (κ3) is 5.60. The lowest BCUT2D eigenvalue weighted by Crippen LogP contribution is -2.26. The van der Waals surface area contributed by atoms with Crippen molar-refractivity contribution >= 4 is 12.1 Å². The summed E-state index contributed by atoms with van der Waals surface area (Å²) >= 11 is 0. The summed E-state index contributed by atoms with van der Waals surface area (Å²) in [7, 11) is 0. The van der Waals surface area contributed by atoms with Gasteiger partial charge in [0.15, 0.2) is 0 Å². The van der Waals surface area contributed by atoms with Gasteiger partial charge in [0.1, 0.15) is 12.4 Å². The molecule has 2 aromatic rings. The van der Waals surface area contributed by atoms with Crippen molar-refractivity contribution in [2.24, 2.45) is 0 Å². The maximum absolute atomic E-state index is 11.0. The van der Waals surface area contributed by atoms with Crippen LogP contribution in [0.25, 0.3) is 0 Å². The molecule has 0 radical (unpaired) electrons. The van der Waals surface area contributed by atoms with Gasteiger partial charge in [-0.1, -0.05) is 49.2 Å². The normalized spacial score (nSPS) is 15.2. The first-order valence-electron chi connectivity index (χ1n) is 9.57. The topological polar surface area (TPSA) is 41.6 Å². The fraction of sp³-hybridized carbons (Fsp3) is 0.409. The molecule has 0 saturated carbocycles. The van der Waals surface area contributed by atoms with E-state index in [0.29, 0.717) is 18.8 Å². The molecule has 1 aliphatic rings. The van der Waals surface area contributed by atoms with Gasteiger partial charge in [0.25, 0.3) is 0 Å². The smallest absolute Gasteiger partial charge is 0.211 e. The zero-order valence-corrected chi connectivity index (χ0v) is 15.3. The molecule has 1 aliphatic heterocycles. The summed E-state index contributed by atoms with van der Waals surface area (Å²) in [4.78, 5) is 13.5. The number of ether oxygens (including phenoxy) is 1. The molecule has 0 spiro atoms. The molecule has 1 amide bonds. The van der Waals surface area contributed by atoms with Crippen LogP contribution in [-0.2, 0) is 17.8 Å². The van der Waals surface area contributed by atoms with Gasteiger partial charge in [-0.15, -0.1) is 0 Å². The van der Waals surface area contributed by atoms with Gasteiger partial charge in [0.2, 0.25) is 6.41 Å². The second-order valence-electron chi connectivity index (χ2n) is 6.87. The van der Waals surface area contributed by atoms with Crippen molar-refractivity contribution in [2.45, 2.75) is 38.7 Å². The van der Waals surface area contributed by atoms with Crippen molar-refractivity contribution in [1.82, 2.24) is 4.90 Å². The molecule has 1 saturated heterocycles. The molecule has 3 rings (SSSR count). The van der Waals surface area contributed by atoms with E-state index in [1.807, 2.05) is 42.5 Å². The molecule has 0 unspecified atom stereocenters. The number of carbonyl (C=O) groups is 1. The Kier molecular flexibility index (Phi) is 7.08. The van der Waals surface area contributed by atoms with Crippen molar-refractivity contribution in [2.75, 3.05) is 25.0 Å². The van der Waals surface area contributed by atoms with E-state index in [9.17, 15) is 4.79 Å². The summed E-state index contributed by atoms with van der Waals surface area (Å²) in [5, 5.41) is 2.78. The van der Waals surface area contributed by atoms with Crippen LogP contribution in [0.4, 0.5) is 5.69 Å². The Morgan fingerprint density at radius 2 is 1.73 bits per heavy atom. The standard InChI is InChI=1S/C22H28N2O2/c25-18-23-21-16-19(12-15-24-13-6-1-2-7-14-24)10-11-22(21)26-17-20-8-4-3-5-9-20/h3-5,8-11,16,18H,1-2,6-7,12-15,17H2,(H,23,25). The Bertz CT molecular complexity index is 680. The fourth-order valence-electron chi connectivity index (χ4n) is 3.42. The third-order valence-electron chi connectivity index (χ3n) is 4.91. The molecular formula is C22H28N2O2. The Hall–Kier alpha value is -2.33. The molecule has 0 aromatic heterocycles. The van der Waals surface area contributed by atoms with Crippen LogP contribution in [0, 0.1) is 0 Å². The highest BCUT2D eigenvalue weighted by atomic mass is 16.5. The van der Waals surface area contributed by atoms with Gasteiger partial charge in [-0.05, 0) is 55.6 Å². The fourth-order valence-corrected chi connectivity index (χ4v) is 3.42. The van der Waals surface area contributed by atoms with Crippen LogP contribution in [0.2, 0.25) is 0 Å². The van der Waals surface area contributed by atoms with Crippen LogP contribution in [0.3, 0.4) is 0 Å². The third-order valence-corrected chi connectivity index (χ3v) is 4.91. The maximum atomic E-state index is 11.0. The molecule has 138 valence electrons. The quantitative estimate of drug-likeness (QED) is 0.722. The van der Waals surface area contributed by atoms with E-state index in [1.54, 1.807) is 0 Å². The number of carbonyl (C=O) groups excluding carboxylic acids is 1. The first-order valence-corrected chi connectivity index (χ1v) is 9.57. The van der Waals surface area contributed by atoms with Crippen molar-refractivity contribution in [3.63, 3.8) is 0 Å². The van der Waals surface area contributed by atoms with E-state index in [0.717, 1.165) is 24.2 Å². The minimum Gasteiger partial charge on any atom is -0.487 e. The highest BCUT2D eigenvalue weighted by Crippen LogP contribution is 2.27. The predicted octanol–water partition coefficient (Wildman–Crippen LogP) is 4.25. The zero-order chi connectivity index (χ0) is 18.0. The van der Waals surface area contributed by atoms with E-state index in [4.69, 9.17) is 4.74 Å². The van der Waals surface area contributed by atoms with Gasteiger partial charge >= 0.3 is 0 Å². The number of hydrogen-bond acceptors (Lipinski definition) is 3. The van der Waals surface area contributed by atoms with Crippen molar-refractivity contribution < 1.29 is 9.53 Å². The number of likely N-dealkylation sites (tertiary alicyclic amines) is 1. The van der Waals surface area contributed by atoms with Gasteiger partial charge in [-0.25, -0.2) is 0 Å². The summed E-state index contributed by atoms with van der Waals surface area (Å²) in [6.45, 7) is 3.97. The molecule has 0 bridgehead atoms. The second-order valence-corrected chi connectivity index (χ2v) is 6.87. The summed E-state index contributed by atoms with van der Waals surface area (Å²) in [5.41, 5.74) is 3.07. The highest BCUT2D eigenvalue weighted by Gasteiger charge is 2.10. The minimum atomic E-state index is 0.488. The molecule has 4 heteroatoms. The van der Waals surface area contributed by atoms with E-state index < -0.39 is 0 Å². The molecule has 2 aromatic carbocycles. The Balaban J connectivity index is 1.60. The number of benzene rings is 2. The summed E-state index contributed by atoms with van der Waals surface area (Å²) in [6, 6.07) is 16.1. The molecular weight excluding hydrogens is 324 g/mol. The maximum Gasteiger partial charge on any atom is 0.211 e. The Morgan fingerprint density at radius 1 is 0.962 bits per heavy atom. The van der Waals surface area contributed by atoms with Gasteiger partial charge < -0.3 is 15.0 Å². The molecule has 26 heavy (non-hydrogen) atoms. The molecule has 1 N–H and O–H groups in total. The first kappa shape index (κ1) is 18.5. The van der Waals surface area contributed by atoms with Crippen LogP contribution in [0.15, 0.2) is 48.5 Å². The first-order chi connectivity index (χ1) is 12.8. The van der Waals surface area contributed by atoms with Gasteiger partial charge in [0.05, 0.1) is 5.69 Å². The lowest BCUT2D eigenvalue weighted by molar-refractivity contribution is -0.105. The van der Waals surface area contributed by atoms with E-state index in [1.165, 1.54) is 44.3 Å². The predicted molar refractivity (Wildman–Crippen MR) is 106 cm³/mol. The van der Waals surface area contributed by atoms with Gasteiger partial charge in [-0.3, -0.25) is 4.79 Å². The van der Waals surface area contributed by atoms with Crippen molar-refractivity contribution in [3.05, 3.63) is 59.7 Å². The van der Waals surface area contributed by atoms with Crippen LogP contribution >= 0.6 is 0 Å². The van der Waals surface area contributed by atoms with Crippen LogP contribution in [-0.4, -0.2) is 30.9 Å². The average molecular weight is 352 g/mol. The molecule has 4 nitrogen and oxygen atoms in total. The molecule has 0 atom stereocenters. The monoisotopic (exact) mass is 352 g/mol. The highest BCUT2D eigenvalue weighted by molar-refractivity contribution is 5.75. The molecule has 1 fully saturated rings. The van der Waals surface area contributed by atoms with Gasteiger partial charge in [-0.2, -0.15) is 0 Å². The van der Waals surface area contributed by atoms with E-state index in [-0.39, 0.29) is 0 Å². The van der Waals surface area contributed by atoms with Crippen molar-refractivity contribution in [3.8, 4) is 5.75 Å². The van der Waals surface area contributed by atoms with E-state index in [2.05, 4.69) is 16.3 Å². The largest absolute Gasteiger partial charge is 0.487 e. The Labute approximate surface area is 156 Å². The molecule has 0 aliphatic carbocycles. The second kappa shape index (κ2) is 9.97. The molecule has 1 heterocycles. The van der Waals surface area contributed by atoms with Crippen LogP contribution in [0.5, 0.6) is 5.75 Å². The number of amides is 1. The summed E-state index contributed by atoms with van der Waals surface area (Å²) in [6.07, 6.45) is 7.04. The summed E-state index contributed by atoms with van der Waals surface area (Å²) < 4.78 is 5.91. The number of rotatable bonds is 8. The zero-order valence-electron chi connectivity index (χ0n) is 15.3.